The van der Waals surface area contributed by atoms with Crippen molar-refractivity contribution >= 4 is 18.1 Å². The molecule has 1 aromatic carbocycles. The van der Waals surface area contributed by atoms with Gasteiger partial charge >= 0.3 is 0 Å². The van der Waals surface area contributed by atoms with Crippen LogP contribution in [0.25, 0.3) is 0 Å². The number of rotatable bonds is 3. The second kappa shape index (κ2) is 8.26. The van der Waals surface area contributed by atoms with Gasteiger partial charge in [0.2, 0.25) is 0 Å². The molecule has 0 saturated heterocycles. The molecule has 0 heterocycles. The minimum absolute atomic E-state index is 0.00620. The molecular weight excluding hydrogens is 272 g/mol. The van der Waals surface area contributed by atoms with E-state index in [1.54, 1.807) is 7.11 Å². The average molecular weight is 294 g/mol. The molecule has 1 aliphatic carbocycles. The number of anilines is 1. The van der Waals surface area contributed by atoms with Crippen LogP contribution in [0.4, 0.5) is 5.69 Å². The molecule has 0 bridgehead atoms. The zero-order valence-corrected chi connectivity index (χ0v) is 12.2. The first-order valence-corrected chi connectivity index (χ1v) is 6.88. The highest BCUT2D eigenvalue weighted by Gasteiger charge is 2.39. The molecule has 1 fully saturated rings. The Bertz CT molecular complexity index is 470. The maximum atomic E-state index is 12.3. The lowest BCUT2D eigenvalue weighted by Crippen LogP contribution is -2.78. The van der Waals surface area contributed by atoms with E-state index in [2.05, 4.69) is 11.1 Å². The van der Waals surface area contributed by atoms with Crippen molar-refractivity contribution in [3.8, 4) is 5.75 Å². The van der Waals surface area contributed by atoms with E-state index in [1.165, 1.54) is 6.42 Å². The summed E-state index contributed by atoms with van der Waals surface area (Å²) in [4.78, 5) is 20.6. The van der Waals surface area contributed by atoms with Crippen LogP contribution in [0.5, 0.6) is 5.75 Å². The number of para-hydroxylation sites is 2. The number of aliphatic hydroxyl groups excluding tert-OH is 1. The smallest absolute Gasteiger partial charge is 0.285 e. The van der Waals surface area contributed by atoms with Gasteiger partial charge < -0.3 is 25.7 Å². The van der Waals surface area contributed by atoms with Crippen molar-refractivity contribution in [2.24, 2.45) is 0 Å². The summed E-state index contributed by atoms with van der Waals surface area (Å²) in [5.74, 6) is 0.692. The van der Waals surface area contributed by atoms with Crippen LogP contribution >= 0.6 is 0 Å². The number of nitrogens with one attached hydrogen (secondary N) is 1. The van der Waals surface area contributed by atoms with Gasteiger partial charge in [-0.3, -0.25) is 4.79 Å². The molecule has 5 N–H and O–H groups in total. The summed E-state index contributed by atoms with van der Waals surface area (Å²) in [6, 6.07) is 7.46. The van der Waals surface area contributed by atoms with Gasteiger partial charge in [0.1, 0.15) is 5.75 Å². The van der Waals surface area contributed by atoms with Crippen molar-refractivity contribution in [1.29, 1.82) is 0 Å². The minimum atomic E-state index is -0.473. The third kappa shape index (κ3) is 4.75. The lowest BCUT2D eigenvalue weighted by atomic mass is 9.82. The molecule has 6 heteroatoms. The number of hydrogen-bond acceptors (Lipinski definition) is 3. The van der Waals surface area contributed by atoms with Crippen LogP contribution in [0.1, 0.15) is 32.1 Å². The Morgan fingerprint density at radius 2 is 1.90 bits per heavy atom. The first-order chi connectivity index (χ1) is 10.1. The zero-order valence-electron chi connectivity index (χ0n) is 12.2. The molecule has 1 amide bonds. The molecule has 1 saturated carbocycles. The summed E-state index contributed by atoms with van der Waals surface area (Å²) in [6.07, 6.45) is 5.12. The molecule has 6 nitrogen and oxygen atoms in total. The fraction of sp³-hybridized carbons (Fsp3) is 0.467. The molecule has 2 rings (SSSR count). The topological polar surface area (TPSA) is 103 Å². The molecule has 1 aliphatic rings. The zero-order chi connectivity index (χ0) is 15.7. The highest BCUT2D eigenvalue weighted by Crippen LogP contribution is 2.28. The van der Waals surface area contributed by atoms with Gasteiger partial charge in [0.05, 0.1) is 12.8 Å². The minimum Gasteiger partial charge on any atom is -0.665 e. The number of carbonyl (C=O) groups is 1. The Labute approximate surface area is 124 Å². The number of quaternary nitrogens is 1. The maximum absolute atomic E-state index is 12.3. The van der Waals surface area contributed by atoms with E-state index < -0.39 is 5.54 Å². The molecule has 0 aromatic heterocycles. The Morgan fingerprint density at radius 1 is 1.33 bits per heavy atom. The maximum Gasteiger partial charge on any atom is 0.285 e. The second-order valence-corrected chi connectivity index (χ2v) is 5.09. The molecule has 0 aliphatic heterocycles. The van der Waals surface area contributed by atoms with Gasteiger partial charge in [-0.05, 0) is 25.0 Å². The molecule has 0 spiro atoms. The number of hydrogen-bond donors (Lipinski definition) is 3. The Kier molecular flexibility index (Phi) is 6.68. The summed E-state index contributed by atoms with van der Waals surface area (Å²) >= 11 is 0. The molecule has 116 valence electrons. The SMILES string of the molecule is COc1ccccc1NC(=O)C1([NH3+])CCCCC1.O=[C-]O. The quantitative estimate of drug-likeness (QED) is 0.728. The van der Waals surface area contributed by atoms with Crippen molar-refractivity contribution in [2.45, 2.75) is 37.6 Å². The van der Waals surface area contributed by atoms with E-state index in [1.807, 2.05) is 24.3 Å². The summed E-state index contributed by atoms with van der Waals surface area (Å²) in [6.45, 7) is 0.500. The van der Waals surface area contributed by atoms with Crippen molar-refractivity contribution in [3.63, 3.8) is 0 Å². The highest BCUT2D eigenvalue weighted by molar-refractivity contribution is 5.98. The van der Waals surface area contributed by atoms with E-state index in [9.17, 15) is 4.79 Å². The van der Waals surface area contributed by atoms with Gasteiger partial charge in [-0.15, -0.1) is 0 Å². The van der Waals surface area contributed by atoms with Gasteiger partial charge in [-0.1, -0.05) is 25.0 Å². The Hall–Kier alpha value is -2.08. The molecule has 1 aromatic rings. The van der Waals surface area contributed by atoms with Crippen LogP contribution in [-0.2, 0) is 9.59 Å². The van der Waals surface area contributed by atoms with E-state index in [0.717, 1.165) is 31.4 Å². The normalized spacial score (nSPS) is 16.1. The third-order valence-electron chi connectivity index (χ3n) is 3.65. The lowest BCUT2D eigenvalue weighted by Gasteiger charge is -2.28. The van der Waals surface area contributed by atoms with Gasteiger partial charge in [-0.25, -0.2) is 0 Å². The average Bonchev–Trinajstić information content (AvgIpc) is 2.49. The molecule has 0 radical (unpaired) electrons. The van der Waals surface area contributed by atoms with Gasteiger partial charge in [0.25, 0.3) is 5.91 Å². The van der Waals surface area contributed by atoms with Crippen LogP contribution in [0, 0.1) is 0 Å². The van der Waals surface area contributed by atoms with E-state index in [-0.39, 0.29) is 5.91 Å². The van der Waals surface area contributed by atoms with Gasteiger partial charge in [-0.2, -0.15) is 0 Å². The highest BCUT2D eigenvalue weighted by atomic mass is 16.5. The number of benzene rings is 1. The largest absolute Gasteiger partial charge is 0.665 e. The van der Waals surface area contributed by atoms with Crippen LogP contribution < -0.4 is 15.8 Å². The van der Waals surface area contributed by atoms with Crippen molar-refractivity contribution in [3.05, 3.63) is 24.3 Å². The Balaban J connectivity index is 0.000000677. The molecule has 21 heavy (non-hydrogen) atoms. The van der Waals surface area contributed by atoms with Gasteiger partial charge in [0.15, 0.2) is 5.54 Å². The van der Waals surface area contributed by atoms with E-state index >= 15 is 0 Å². The lowest BCUT2D eigenvalue weighted by molar-refractivity contribution is -0.463. The number of carbonyl (C=O) groups excluding carboxylic acids is 1. The fourth-order valence-electron chi connectivity index (χ4n) is 2.46. The molecule has 0 unspecified atom stereocenters. The first-order valence-electron chi connectivity index (χ1n) is 6.88. The van der Waals surface area contributed by atoms with Crippen molar-refractivity contribution in [1.82, 2.24) is 0 Å². The summed E-state index contributed by atoms with van der Waals surface area (Å²) in [7, 11) is 1.60. The predicted octanol–water partition coefficient (Wildman–Crippen LogP) is 1.19. The molecular formula is C15H22N2O4. The Morgan fingerprint density at radius 3 is 2.48 bits per heavy atom. The fourth-order valence-corrected chi connectivity index (χ4v) is 2.46. The van der Waals surface area contributed by atoms with Crippen LogP contribution in [-0.4, -0.2) is 30.1 Å². The summed E-state index contributed by atoms with van der Waals surface area (Å²) in [5, 5.41) is 9.71. The van der Waals surface area contributed by atoms with Crippen molar-refractivity contribution < 1.29 is 25.2 Å². The molecule has 0 atom stereocenters. The second-order valence-electron chi connectivity index (χ2n) is 5.09. The first kappa shape index (κ1) is 17.0. The van der Waals surface area contributed by atoms with E-state index in [4.69, 9.17) is 14.6 Å². The summed E-state index contributed by atoms with van der Waals surface area (Å²) < 4.78 is 5.23. The van der Waals surface area contributed by atoms with Gasteiger partial charge in [0, 0.05) is 12.8 Å². The van der Waals surface area contributed by atoms with Crippen LogP contribution in [0.2, 0.25) is 0 Å². The van der Waals surface area contributed by atoms with E-state index in [0.29, 0.717) is 12.2 Å². The standard InChI is InChI=1S/C14H20N2O2.CHO2/c1-18-12-8-4-3-7-11(12)16-13(17)14(15)9-5-2-6-10-14;2-1-3/h3-4,7-8H,2,5-6,9-10,15H2,1H3,(H,16,17);(H,2,3)/q;-1/p+1. The predicted molar refractivity (Wildman–Crippen MR) is 78.7 cm³/mol. The number of methoxy groups -OCH3 is 1. The summed E-state index contributed by atoms with van der Waals surface area (Å²) in [5.41, 5.74) is 4.38. The monoisotopic (exact) mass is 294 g/mol. The number of amides is 1. The third-order valence-corrected chi connectivity index (χ3v) is 3.65. The van der Waals surface area contributed by atoms with Crippen LogP contribution in [0.3, 0.4) is 0 Å². The van der Waals surface area contributed by atoms with Crippen LogP contribution in [0.15, 0.2) is 24.3 Å². The van der Waals surface area contributed by atoms with Crippen molar-refractivity contribution in [2.75, 3.05) is 12.4 Å². The number of ether oxygens (including phenoxy) is 1.